The fourth-order valence-corrected chi connectivity index (χ4v) is 2.03. The molecule has 0 aliphatic rings. The quantitative estimate of drug-likeness (QED) is 0.834. The molecule has 0 aromatic heterocycles. The molecular formula is C13H9BrClF2N. The Hall–Kier alpha value is -1.13. The van der Waals surface area contributed by atoms with Gasteiger partial charge in [0.2, 0.25) is 0 Å². The monoisotopic (exact) mass is 331 g/mol. The minimum absolute atomic E-state index is 0.255. The molecule has 0 saturated carbocycles. The van der Waals surface area contributed by atoms with E-state index >= 15 is 0 Å². The highest BCUT2D eigenvalue weighted by Crippen LogP contribution is 2.24. The Morgan fingerprint density at radius 2 is 1.89 bits per heavy atom. The lowest BCUT2D eigenvalue weighted by Gasteiger charge is -2.09. The van der Waals surface area contributed by atoms with Crippen molar-refractivity contribution in [3.63, 3.8) is 0 Å². The smallest absolute Gasteiger partial charge is 0.129 e. The number of benzene rings is 2. The number of anilines is 1. The van der Waals surface area contributed by atoms with Gasteiger partial charge in [-0.3, -0.25) is 0 Å². The van der Waals surface area contributed by atoms with Gasteiger partial charge in [-0.1, -0.05) is 17.7 Å². The summed E-state index contributed by atoms with van der Waals surface area (Å²) in [4.78, 5) is 0. The van der Waals surface area contributed by atoms with E-state index in [0.29, 0.717) is 16.3 Å². The van der Waals surface area contributed by atoms with Gasteiger partial charge in [-0.2, -0.15) is 0 Å². The Morgan fingerprint density at radius 3 is 2.61 bits per heavy atom. The summed E-state index contributed by atoms with van der Waals surface area (Å²) in [6.07, 6.45) is 0. The van der Waals surface area contributed by atoms with Crippen LogP contribution in [0, 0.1) is 11.6 Å². The van der Waals surface area contributed by atoms with Gasteiger partial charge in [-0.25, -0.2) is 8.78 Å². The van der Waals surface area contributed by atoms with Crippen molar-refractivity contribution < 1.29 is 8.78 Å². The molecule has 1 nitrogen and oxygen atoms in total. The SMILES string of the molecule is Fc1ccc(Br)c(NCc2ccc(Cl)cc2F)c1. The molecule has 0 radical (unpaired) electrons. The third-order valence-corrected chi connectivity index (χ3v) is 3.34. The molecule has 0 heterocycles. The molecule has 0 bridgehead atoms. The van der Waals surface area contributed by atoms with Crippen molar-refractivity contribution in [2.24, 2.45) is 0 Å². The topological polar surface area (TPSA) is 12.0 Å². The highest BCUT2D eigenvalue weighted by molar-refractivity contribution is 9.10. The van der Waals surface area contributed by atoms with Crippen LogP contribution in [0.3, 0.4) is 0 Å². The first-order valence-electron chi connectivity index (χ1n) is 5.19. The third-order valence-electron chi connectivity index (χ3n) is 2.41. The largest absolute Gasteiger partial charge is 0.380 e. The zero-order valence-electron chi connectivity index (χ0n) is 9.18. The van der Waals surface area contributed by atoms with Gasteiger partial charge in [0.1, 0.15) is 11.6 Å². The second-order valence-corrected chi connectivity index (χ2v) is 5.00. The standard InChI is InChI=1S/C13H9BrClF2N/c14-11-4-3-10(16)6-13(11)18-7-8-1-2-9(15)5-12(8)17/h1-6,18H,7H2. The van der Waals surface area contributed by atoms with Crippen LogP contribution in [0.15, 0.2) is 40.9 Å². The van der Waals surface area contributed by atoms with Crippen LogP contribution in [0.1, 0.15) is 5.56 Å². The first kappa shape index (κ1) is 13.3. The molecule has 0 aliphatic carbocycles. The number of hydrogen-bond donors (Lipinski definition) is 1. The van der Waals surface area contributed by atoms with E-state index in [-0.39, 0.29) is 18.2 Å². The summed E-state index contributed by atoms with van der Waals surface area (Å²) in [6.45, 7) is 0.255. The molecular weight excluding hydrogens is 324 g/mol. The van der Waals surface area contributed by atoms with E-state index in [9.17, 15) is 8.78 Å². The maximum absolute atomic E-state index is 13.5. The average molecular weight is 333 g/mol. The number of rotatable bonds is 3. The molecule has 2 rings (SSSR count). The molecule has 2 aromatic rings. The van der Waals surface area contributed by atoms with E-state index in [0.717, 1.165) is 4.47 Å². The normalized spacial score (nSPS) is 10.4. The zero-order valence-corrected chi connectivity index (χ0v) is 11.5. The molecule has 0 amide bonds. The average Bonchev–Trinajstić information content (AvgIpc) is 2.32. The molecule has 0 atom stereocenters. The van der Waals surface area contributed by atoms with Crippen LogP contribution < -0.4 is 5.32 Å². The summed E-state index contributed by atoms with van der Waals surface area (Å²) in [5, 5.41) is 3.31. The zero-order chi connectivity index (χ0) is 13.1. The Balaban J connectivity index is 2.13. The Bertz CT molecular complexity index is 575. The lowest BCUT2D eigenvalue weighted by molar-refractivity contribution is 0.612. The first-order chi connectivity index (χ1) is 8.56. The van der Waals surface area contributed by atoms with Gasteiger partial charge < -0.3 is 5.32 Å². The molecule has 0 unspecified atom stereocenters. The molecule has 1 N–H and O–H groups in total. The first-order valence-corrected chi connectivity index (χ1v) is 6.36. The lowest BCUT2D eigenvalue weighted by atomic mass is 10.2. The van der Waals surface area contributed by atoms with Crippen LogP contribution in [0.4, 0.5) is 14.5 Å². The molecule has 0 saturated heterocycles. The summed E-state index contributed by atoms with van der Waals surface area (Å²) < 4.78 is 27.3. The minimum Gasteiger partial charge on any atom is -0.380 e. The fourth-order valence-electron chi connectivity index (χ4n) is 1.49. The van der Waals surface area contributed by atoms with E-state index in [1.165, 1.54) is 18.2 Å². The van der Waals surface area contributed by atoms with E-state index in [1.807, 2.05) is 0 Å². The van der Waals surface area contributed by atoms with Gasteiger partial charge in [0.05, 0.1) is 5.69 Å². The van der Waals surface area contributed by atoms with E-state index < -0.39 is 0 Å². The van der Waals surface area contributed by atoms with Gasteiger partial charge in [-0.05, 0) is 46.3 Å². The summed E-state index contributed by atoms with van der Waals surface area (Å²) >= 11 is 8.95. The molecule has 0 spiro atoms. The maximum atomic E-state index is 13.5. The van der Waals surface area contributed by atoms with Crippen LogP contribution in [-0.4, -0.2) is 0 Å². The number of hydrogen-bond acceptors (Lipinski definition) is 1. The van der Waals surface area contributed by atoms with Crippen LogP contribution in [0.25, 0.3) is 0 Å². The fraction of sp³-hybridized carbons (Fsp3) is 0.0769. The molecule has 2 aromatic carbocycles. The lowest BCUT2D eigenvalue weighted by Crippen LogP contribution is -2.02. The molecule has 94 valence electrons. The Morgan fingerprint density at radius 1 is 1.11 bits per heavy atom. The van der Waals surface area contributed by atoms with E-state index in [4.69, 9.17) is 11.6 Å². The third kappa shape index (κ3) is 3.21. The number of halogens is 4. The molecule has 5 heteroatoms. The summed E-state index contributed by atoms with van der Waals surface area (Å²) in [7, 11) is 0. The van der Waals surface area contributed by atoms with E-state index in [2.05, 4.69) is 21.2 Å². The van der Waals surface area contributed by atoms with Crippen molar-refractivity contribution in [2.75, 3.05) is 5.32 Å². The molecule has 0 fully saturated rings. The highest BCUT2D eigenvalue weighted by atomic mass is 79.9. The van der Waals surface area contributed by atoms with Crippen LogP contribution >= 0.6 is 27.5 Å². The molecule has 18 heavy (non-hydrogen) atoms. The Labute approximate surface area is 117 Å². The van der Waals surface area contributed by atoms with Gasteiger partial charge in [0.15, 0.2) is 0 Å². The number of nitrogens with one attached hydrogen (secondary N) is 1. The van der Waals surface area contributed by atoms with Gasteiger partial charge >= 0.3 is 0 Å². The van der Waals surface area contributed by atoms with Crippen molar-refractivity contribution in [3.05, 3.63) is 63.1 Å². The summed E-state index contributed by atoms with van der Waals surface area (Å²) in [5.41, 5.74) is 1.04. The van der Waals surface area contributed by atoms with Crippen molar-refractivity contribution >= 4 is 33.2 Å². The van der Waals surface area contributed by atoms with E-state index in [1.54, 1.807) is 18.2 Å². The highest BCUT2D eigenvalue weighted by Gasteiger charge is 2.05. The minimum atomic E-state index is -0.387. The summed E-state index contributed by atoms with van der Waals surface area (Å²) in [5.74, 6) is -0.736. The van der Waals surface area contributed by atoms with Gasteiger partial charge in [0.25, 0.3) is 0 Å². The van der Waals surface area contributed by atoms with Crippen molar-refractivity contribution in [1.82, 2.24) is 0 Å². The second-order valence-electron chi connectivity index (χ2n) is 3.71. The molecule has 0 aliphatic heterocycles. The van der Waals surface area contributed by atoms with Crippen LogP contribution in [0.5, 0.6) is 0 Å². The maximum Gasteiger partial charge on any atom is 0.129 e. The predicted molar refractivity (Wildman–Crippen MR) is 72.8 cm³/mol. The predicted octanol–water partition coefficient (Wildman–Crippen LogP) is 4.99. The Kier molecular flexibility index (Phi) is 4.19. The van der Waals surface area contributed by atoms with Gasteiger partial charge in [-0.15, -0.1) is 0 Å². The van der Waals surface area contributed by atoms with Crippen LogP contribution in [-0.2, 0) is 6.54 Å². The van der Waals surface area contributed by atoms with Crippen LogP contribution in [0.2, 0.25) is 5.02 Å². The van der Waals surface area contributed by atoms with Crippen molar-refractivity contribution in [3.8, 4) is 0 Å². The second kappa shape index (κ2) is 5.67. The van der Waals surface area contributed by atoms with Crippen molar-refractivity contribution in [2.45, 2.75) is 6.54 Å². The van der Waals surface area contributed by atoms with Gasteiger partial charge in [0, 0.05) is 21.6 Å². The summed E-state index contributed by atoms with van der Waals surface area (Å²) in [6, 6.07) is 8.74. The van der Waals surface area contributed by atoms with Crippen molar-refractivity contribution in [1.29, 1.82) is 0 Å².